The molecule has 8 bridgehead atoms. The molecular weight excluding hydrogens is 1290 g/mol. The molecule has 8 aromatic carbocycles. The van der Waals surface area contributed by atoms with Crippen molar-refractivity contribution >= 4 is 107 Å². The highest BCUT2D eigenvalue weighted by Crippen LogP contribution is 2.41. The molecule has 11 aromatic rings. The van der Waals surface area contributed by atoms with Crippen LogP contribution in [0.5, 0.6) is 0 Å². The molecule has 0 amide bonds. The SMILES string of the molecule is CC(C)(C)c1ccc(S(=O)(=O)Nc2ccc3c(c2)-c2nc-3nc3[nH]c(nc4nc(nc5[nH]c(n2)c2ccc(NS(=O)(=O)c6ccc(C(C)(C)C)cc6)cc52)-c2ccc(NS(=O)(=O)c5ccc(C(C)(C)C)cc5)cc2-4)c2ccc(NS(=O)(=O)c4ccc(C(C)(C)C)cc4)cc32)cc1. The van der Waals surface area contributed by atoms with Gasteiger partial charge in [0.05, 0.1) is 19.6 Å². The number of aromatic nitrogens is 8. The molecule has 0 fully saturated rings. The lowest BCUT2D eigenvalue weighted by atomic mass is 9.87. The Hall–Kier alpha value is -9.88. The fraction of sp³-hybridized carbons (Fsp3) is 0.222. The van der Waals surface area contributed by atoms with Gasteiger partial charge in [-0.3, -0.25) is 18.9 Å². The summed E-state index contributed by atoms with van der Waals surface area (Å²) < 4.78 is 124. The minimum atomic E-state index is -4.15. The fourth-order valence-electron chi connectivity index (χ4n) is 11.4. The van der Waals surface area contributed by atoms with Crippen molar-refractivity contribution in [1.82, 2.24) is 39.9 Å². The highest BCUT2D eigenvalue weighted by Gasteiger charge is 2.28. The number of hydrogen-bond acceptors (Lipinski definition) is 14. The zero-order chi connectivity index (χ0) is 68.5. The van der Waals surface area contributed by atoms with Crippen LogP contribution in [-0.4, -0.2) is 73.5 Å². The van der Waals surface area contributed by atoms with Gasteiger partial charge in [0.15, 0.2) is 23.3 Å². The minimum Gasteiger partial charge on any atom is -0.324 e. The molecule has 0 saturated heterocycles. The number of nitrogens with zero attached hydrogens (tertiary/aromatic N) is 6. The van der Waals surface area contributed by atoms with Crippen LogP contribution in [-0.2, 0) is 61.8 Å². The summed E-state index contributed by atoms with van der Waals surface area (Å²) in [5, 5.41) is 1.73. The molecule has 2 aliphatic heterocycles. The third-order valence-corrected chi connectivity index (χ3v) is 22.6. The summed E-state index contributed by atoms with van der Waals surface area (Å²) in [6, 6.07) is 46.4. The van der Waals surface area contributed by atoms with E-state index in [2.05, 4.69) is 28.9 Å². The summed E-state index contributed by atoms with van der Waals surface area (Å²) in [5.74, 6) is 0.436. The van der Waals surface area contributed by atoms with Gasteiger partial charge in [-0.2, -0.15) is 0 Å². The van der Waals surface area contributed by atoms with Crippen molar-refractivity contribution in [3.05, 3.63) is 192 Å². The Kier molecular flexibility index (Phi) is 15.5. The van der Waals surface area contributed by atoms with Crippen LogP contribution in [0.4, 0.5) is 22.7 Å². The first-order valence-electron chi connectivity index (χ1n) is 30.9. The molecule has 24 heteroatoms. The van der Waals surface area contributed by atoms with Crippen LogP contribution >= 0.6 is 0 Å². The van der Waals surface area contributed by atoms with Crippen LogP contribution in [0.3, 0.4) is 0 Å². The second-order valence-electron chi connectivity index (χ2n) is 28.2. The van der Waals surface area contributed by atoms with E-state index >= 15 is 0 Å². The van der Waals surface area contributed by atoms with Crippen LogP contribution in [0.25, 0.3) is 89.7 Å². The van der Waals surface area contributed by atoms with Crippen molar-refractivity contribution in [2.24, 2.45) is 0 Å². The highest BCUT2D eigenvalue weighted by molar-refractivity contribution is 7.93. The van der Waals surface area contributed by atoms with Crippen molar-refractivity contribution < 1.29 is 33.7 Å². The van der Waals surface area contributed by atoms with Crippen molar-refractivity contribution in [2.45, 2.75) is 124 Å². The van der Waals surface area contributed by atoms with Gasteiger partial charge in [0, 0.05) is 66.5 Å². The Morgan fingerprint density at radius 2 is 0.490 bits per heavy atom. The Morgan fingerprint density at radius 3 is 0.750 bits per heavy atom. The third-order valence-electron chi connectivity index (χ3n) is 17.0. The standard InChI is InChI=1S/C72H70N12O8S4/c1-69(2,3)41-13-25-49(26-14-41)93(85,86)81-45-21-33-53-57(37-45)65-73-61(53)78-66-59-39-47(83-95(89,90)51-29-17-43(18-30-51)71(7,8)9)23-35-55(59)63(75-66)80-68-60-40-48(84-96(91,92)52-31-19-44(20-32-52)72(10,11)12)24-36-56(60)64(76-68)79-67-58-38-46(22-34-54(58)62(74-67)77-65)82-94(87,88)50-27-15-42(16-28-50)70(4,5)6/h13-40,81-84H,1-12H3,(H2,73,74,75,76,77,78,79,80). The largest absolute Gasteiger partial charge is 0.324 e. The molecule has 0 spiro atoms. The first-order chi connectivity index (χ1) is 45.0. The van der Waals surface area contributed by atoms with Crippen LogP contribution < -0.4 is 18.9 Å². The number of H-pyrrole nitrogens is 2. The monoisotopic (exact) mass is 1360 g/mol. The quantitative estimate of drug-likeness (QED) is 0.0663. The van der Waals surface area contributed by atoms with E-state index in [1.54, 1.807) is 170 Å². The lowest BCUT2D eigenvalue weighted by Crippen LogP contribution is -2.15. The molecule has 490 valence electrons. The van der Waals surface area contributed by atoms with E-state index in [-0.39, 0.29) is 110 Å². The second kappa shape index (κ2) is 22.9. The first-order valence-corrected chi connectivity index (χ1v) is 36.8. The van der Waals surface area contributed by atoms with Crippen LogP contribution in [0, 0.1) is 0 Å². The molecule has 2 aliphatic rings. The third kappa shape index (κ3) is 12.7. The lowest BCUT2D eigenvalue weighted by molar-refractivity contribution is 0.587. The number of nitrogens with one attached hydrogen (secondary N) is 6. The molecule has 5 heterocycles. The molecule has 0 saturated carbocycles. The molecule has 0 unspecified atom stereocenters. The summed E-state index contributed by atoms with van der Waals surface area (Å²) in [6.07, 6.45) is 0. The van der Waals surface area contributed by atoms with E-state index in [9.17, 15) is 33.7 Å². The van der Waals surface area contributed by atoms with E-state index in [0.717, 1.165) is 22.3 Å². The van der Waals surface area contributed by atoms with Gasteiger partial charge in [0.25, 0.3) is 40.1 Å². The number of rotatable bonds is 12. The maximum atomic E-state index is 14.2. The predicted molar refractivity (Wildman–Crippen MR) is 380 cm³/mol. The minimum absolute atomic E-state index is 0.0466. The summed E-state index contributed by atoms with van der Waals surface area (Å²) in [5.41, 5.74) is 6.11. The Bertz CT molecular complexity index is 5320. The Labute approximate surface area is 557 Å². The smallest absolute Gasteiger partial charge is 0.261 e. The Morgan fingerprint density at radius 1 is 0.260 bits per heavy atom. The number of benzene rings is 8. The molecule has 6 N–H and O–H groups in total. The molecule has 0 radical (unpaired) electrons. The zero-order valence-corrected chi connectivity index (χ0v) is 58.0. The maximum absolute atomic E-state index is 14.2. The average molecular weight is 1360 g/mol. The predicted octanol–water partition coefficient (Wildman–Crippen LogP) is 15.3. The van der Waals surface area contributed by atoms with Gasteiger partial charge in [0.1, 0.15) is 22.6 Å². The van der Waals surface area contributed by atoms with Gasteiger partial charge >= 0.3 is 0 Å². The van der Waals surface area contributed by atoms with Crippen molar-refractivity contribution in [3.63, 3.8) is 0 Å². The van der Waals surface area contributed by atoms with Crippen molar-refractivity contribution in [1.29, 1.82) is 0 Å². The molecular formula is C72H70N12O8S4. The molecule has 3 aromatic heterocycles. The number of sulfonamides is 4. The Balaban J connectivity index is 1.02. The van der Waals surface area contributed by atoms with Gasteiger partial charge in [-0.25, -0.2) is 63.6 Å². The fourth-order valence-corrected chi connectivity index (χ4v) is 15.6. The van der Waals surface area contributed by atoms with Gasteiger partial charge < -0.3 is 9.97 Å². The lowest BCUT2D eigenvalue weighted by Gasteiger charge is -2.19. The average Bonchev–Trinajstić information content (AvgIpc) is 1.59. The van der Waals surface area contributed by atoms with E-state index in [1.165, 1.54) is 0 Å². The number of hydrogen-bond donors (Lipinski definition) is 6. The van der Waals surface area contributed by atoms with E-state index < -0.39 is 40.1 Å². The van der Waals surface area contributed by atoms with Crippen LogP contribution in [0.1, 0.15) is 105 Å². The van der Waals surface area contributed by atoms with Crippen LogP contribution in [0.15, 0.2) is 189 Å². The zero-order valence-electron chi connectivity index (χ0n) is 54.7. The van der Waals surface area contributed by atoms with E-state index in [4.69, 9.17) is 29.9 Å². The number of fused-ring (bicyclic) bond motifs is 20. The van der Waals surface area contributed by atoms with Gasteiger partial charge in [-0.1, -0.05) is 132 Å². The maximum Gasteiger partial charge on any atom is 0.261 e. The summed E-state index contributed by atoms with van der Waals surface area (Å²) in [4.78, 5) is 37.6. The van der Waals surface area contributed by atoms with Gasteiger partial charge in [-0.05, 0) is 165 Å². The normalized spacial score (nSPS) is 13.1. The van der Waals surface area contributed by atoms with Crippen LogP contribution in [0.2, 0.25) is 0 Å². The topological polar surface area (TPSA) is 294 Å². The molecule has 0 atom stereocenters. The number of anilines is 4. The first kappa shape index (κ1) is 64.8. The van der Waals surface area contributed by atoms with Gasteiger partial charge in [0.2, 0.25) is 0 Å². The van der Waals surface area contributed by atoms with Gasteiger partial charge in [-0.15, -0.1) is 0 Å². The molecule has 20 nitrogen and oxygen atoms in total. The van der Waals surface area contributed by atoms with Crippen molar-refractivity contribution in [2.75, 3.05) is 18.9 Å². The summed E-state index contributed by atoms with van der Waals surface area (Å²) >= 11 is 0. The summed E-state index contributed by atoms with van der Waals surface area (Å²) in [6.45, 7) is 24.5. The summed E-state index contributed by atoms with van der Waals surface area (Å²) in [7, 11) is -16.6. The second-order valence-corrected chi connectivity index (χ2v) is 34.9. The van der Waals surface area contributed by atoms with E-state index in [0.29, 0.717) is 43.8 Å². The molecule has 96 heavy (non-hydrogen) atoms. The molecule has 13 rings (SSSR count). The van der Waals surface area contributed by atoms with E-state index in [1.807, 2.05) is 83.1 Å². The molecule has 0 aliphatic carbocycles. The van der Waals surface area contributed by atoms with Crippen molar-refractivity contribution in [3.8, 4) is 45.6 Å². The highest BCUT2D eigenvalue weighted by atomic mass is 32.2. The number of aromatic amines is 2.